The molecule has 6 heteroatoms. The monoisotopic (exact) mass is 282 g/mol. The predicted octanol–water partition coefficient (Wildman–Crippen LogP) is 1.67. The van der Waals surface area contributed by atoms with Gasteiger partial charge in [0, 0.05) is 25.4 Å². The average Bonchev–Trinajstić information content (AvgIpc) is 2.38. The molecule has 1 aromatic heterocycles. The molecule has 0 aliphatic rings. The highest BCUT2D eigenvalue weighted by Gasteiger charge is 2.17. The van der Waals surface area contributed by atoms with Gasteiger partial charge in [0.05, 0.1) is 6.61 Å². The molecular formula is C13H22N4OS. The van der Waals surface area contributed by atoms with Crippen LogP contribution in [0.4, 0.5) is 5.95 Å². The summed E-state index contributed by atoms with van der Waals surface area (Å²) in [7, 11) is 1.69. The Morgan fingerprint density at radius 3 is 2.74 bits per heavy atom. The molecule has 106 valence electrons. The van der Waals surface area contributed by atoms with Gasteiger partial charge in [0.25, 0.3) is 0 Å². The highest BCUT2D eigenvalue weighted by molar-refractivity contribution is 7.80. The van der Waals surface area contributed by atoms with Crippen LogP contribution in [0.1, 0.15) is 31.7 Å². The first kappa shape index (κ1) is 15.8. The number of methoxy groups -OCH3 is 1. The summed E-state index contributed by atoms with van der Waals surface area (Å²) in [6.07, 6.45) is 1.00. The standard InChI is InChI=1S/C13H22N4OS/c1-5-10(3)17(6-7-18-4)13-15-9(2)8-11(16-13)12(14)19/h8,10H,5-7H2,1-4H3,(H2,14,19). The van der Waals surface area contributed by atoms with E-state index in [9.17, 15) is 0 Å². The lowest BCUT2D eigenvalue weighted by atomic mass is 10.2. The summed E-state index contributed by atoms with van der Waals surface area (Å²) in [6, 6.07) is 2.13. The number of aryl methyl sites for hydroxylation is 1. The molecule has 1 aromatic rings. The van der Waals surface area contributed by atoms with E-state index in [-0.39, 0.29) is 0 Å². The van der Waals surface area contributed by atoms with Crippen LogP contribution < -0.4 is 10.6 Å². The smallest absolute Gasteiger partial charge is 0.226 e. The maximum Gasteiger partial charge on any atom is 0.226 e. The largest absolute Gasteiger partial charge is 0.388 e. The fraction of sp³-hybridized carbons (Fsp3) is 0.615. The quantitative estimate of drug-likeness (QED) is 0.768. The van der Waals surface area contributed by atoms with Gasteiger partial charge in [-0.3, -0.25) is 0 Å². The summed E-state index contributed by atoms with van der Waals surface area (Å²) < 4.78 is 5.15. The third kappa shape index (κ3) is 4.40. The SMILES string of the molecule is CCC(C)N(CCOC)c1nc(C)cc(C(N)=S)n1. The minimum absolute atomic E-state index is 0.294. The van der Waals surface area contributed by atoms with E-state index < -0.39 is 0 Å². The molecule has 1 unspecified atom stereocenters. The molecule has 0 radical (unpaired) electrons. The number of nitrogens with zero attached hydrogens (tertiary/aromatic N) is 3. The van der Waals surface area contributed by atoms with E-state index in [0.29, 0.717) is 29.3 Å². The van der Waals surface area contributed by atoms with Crippen LogP contribution in [0.5, 0.6) is 0 Å². The van der Waals surface area contributed by atoms with Crippen molar-refractivity contribution in [1.82, 2.24) is 9.97 Å². The third-order valence-electron chi connectivity index (χ3n) is 3.01. The molecule has 2 N–H and O–H groups in total. The first-order valence-corrected chi connectivity index (χ1v) is 6.81. The van der Waals surface area contributed by atoms with Gasteiger partial charge in [0.15, 0.2) is 0 Å². The Hall–Kier alpha value is -1.27. The number of ether oxygens (including phenoxy) is 1. The zero-order chi connectivity index (χ0) is 14.4. The Labute approximate surface area is 120 Å². The Morgan fingerprint density at radius 2 is 2.21 bits per heavy atom. The lowest BCUT2D eigenvalue weighted by Gasteiger charge is -2.28. The van der Waals surface area contributed by atoms with Gasteiger partial charge in [0.2, 0.25) is 5.95 Å². The first-order valence-electron chi connectivity index (χ1n) is 6.40. The van der Waals surface area contributed by atoms with E-state index >= 15 is 0 Å². The van der Waals surface area contributed by atoms with E-state index in [0.717, 1.165) is 18.7 Å². The maximum atomic E-state index is 5.66. The molecule has 0 saturated carbocycles. The molecule has 0 amide bonds. The molecule has 1 rings (SSSR count). The van der Waals surface area contributed by atoms with Crippen molar-refractivity contribution < 1.29 is 4.74 Å². The van der Waals surface area contributed by atoms with Gasteiger partial charge in [-0.15, -0.1) is 0 Å². The average molecular weight is 282 g/mol. The Kier molecular flexibility index (Phi) is 6.11. The van der Waals surface area contributed by atoms with Crippen molar-refractivity contribution in [1.29, 1.82) is 0 Å². The fourth-order valence-corrected chi connectivity index (χ4v) is 1.84. The summed E-state index contributed by atoms with van der Waals surface area (Å²) in [5.41, 5.74) is 7.13. The molecule has 0 aliphatic heterocycles. The van der Waals surface area contributed by atoms with E-state index in [1.54, 1.807) is 13.2 Å². The second-order valence-corrected chi connectivity index (χ2v) is 4.94. The Bertz CT molecular complexity index is 439. The number of anilines is 1. The topological polar surface area (TPSA) is 64.3 Å². The first-order chi connectivity index (χ1) is 8.99. The Balaban J connectivity index is 3.10. The van der Waals surface area contributed by atoms with Crippen LogP contribution in [0.2, 0.25) is 0 Å². The van der Waals surface area contributed by atoms with Gasteiger partial charge in [-0.2, -0.15) is 0 Å². The van der Waals surface area contributed by atoms with Crippen LogP contribution in [0, 0.1) is 6.92 Å². The molecule has 0 fully saturated rings. The van der Waals surface area contributed by atoms with Crippen LogP contribution in [0.25, 0.3) is 0 Å². The van der Waals surface area contributed by atoms with Crippen molar-refractivity contribution in [2.24, 2.45) is 5.73 Å². The summed E-state index contributed by atoms with van der Waals surface area (Å²) in [6.45, 7) is 7.56. The van der Waals surface area contributed by atoms with Crippen molar-refractivity contribution >= 4 is 23.2 Å². The summed E-state index contributed by atoms with van der Waals surface area (Å²) in [5, 5.41) is 0. The Morgan fingerprint density at radius 1 is 1.53 bits per heavy atom. The van der Waals surface area contributed by atoms with Gasteiger partial charge in [-0.1, -0.05) is 19.1 Å². The number of hydrogen-bond donors (Lipinski definition) is 1. The van der Waals surface area contributed by atoms with Crippen LogP contribution in [-0.2, 0) is 4.74 Å². The van der Waals surface area contributed by atoms with Crippen molar-refractivity contribution in [3.05, 3.63) is 17.5 Å². The van der Waals surface area contributed by atoms with Crippen LogP contribution >= 0.6 is 12.2 Å². The molecule has 0 bridgehead atoms. The molecule has 19 heavy (non-hydrogen) atoms. The van der Waals surface area contributed by atoms with Crippen molar-refractivity contribution in [2.45, 2.75) is 33.2 Å². The highest BCUT2D eigenvalue weighted by Crippen LogP contribution is 2.15. The molecule has 0 aromatic carbocycles. The minimum Gasteiger partial charge on any atom is -0.388 e. The number of hydrogen-bond acceptors (Lipinski definition) is 5. The molecule has 1 atom stereocenters. The van der Waals surface area contributed by atoms with E-state index in [1.165, 1.54) is 0 Å². The van der Waals surface area contributed by atoms with Crippen molar-refractivity contribution in [2.75, 3.05) is 25.2 Å². The molecule has 0 saturated heterocycles. The van der Waals surface area contributed by atoms with Crippen LogP contribution in [0.3, 0.4) is 0 Å². The zero-order valence-electron chi connectivity index (χ0n) is 12.0. The number of thiocarbonyl (C=S) groups is 1. The van der Waals surface area contributed by atoms with Gasteiger partial charge in [-0.05, 0) is 26.3 Å². The maximum absolute atomic E-state index is 5.66. The minimum atomic E-state index is 0.294. The second-order valence-electron chi connectivity index (χ2n) is 4.50. The third-order valence-corrected chi connectivity index (χ3v) is 3.22. The summed E-state index contributed by atoms with van der Waals surface area (Å²) >= 11 is 4.99. The van der Waals surface area contributed by atoms with Crippen LogP contribution in [0.15, 0.2) is 6.07 Å². The normalized spacial score (nSPS) is 12.2. The fourth-order valence-electron chi connectivity index (χ4n) is 1.74. The van der Waals surface area contributed by atoms with Gasteiger partial charge in [-0.25, -0.2) is 9.97 Å². The number of nitrogens with two attached hydrogens (primary N) is 1. The number of rotatable bonds is 7. The van der Waals surface area contributed by atoms with E-state index in [2.05, 4.69) is 28.7 Å². The van der Waals surface area contributed by atoms with Gasteiger partial charge >= 0.3 is 0 Å². The molecule has 1 heterocycles. The van der Waals surface area contributed by atoms with Crippen molar-refractivity contribution in [3.8, 4) is 0 Å². The summed E-state index contributed by atoms with van der Waals surface area (Å²) in [5.74, 6) is 0.661. The van der Waals surface area contributed by atoms with E-state index in [1.807, 2.05) is 6.92 Å². The summed E-state index contributed by atoms with van der Waals surface area (Å²) in [4.78, 5) is 11.3. The molecular weight excluding hydrogens is 260 g/mol. The zero-order valence-corrected chi connectivity index (χ0v) is 12.8. The molecule has 0 spiro atoms. The van der Waals surface area contributed by atoms with Gasteiger partial charge < -0.3 is 15.4 Å². The number of aromatic nitrogens is 2. The van der Waals surface area contributed by atoms with E-state index in [4.69, 9.17) is 22.7 Å². The van der Waals surface area contributed by atoms with Gasteiger partial charge in [0.1, 0.15) is 10.7 Å². The van der Waals surface area contributed by atoms with Crippen molar-refractivity contribution in [3.63, 3.8) is 0 Å². The lowest BCUT2D eigenvalue weighted by molar-refractivity contribution is 0.203. The van der Waals surface area contributed by atoms with Crippen LogP contribution in [-0.4, -0.2) is 41.3 Å². The second kappa shape index (κ2) is 7.35. The molecule has 5 nitrogen and oxygen atoms in total. The predicted molar refractivity (Wildman–Crippen MR) is 81.6 cm³/mol. The highest BCUT2D eigenvalue weighted by atomic mass is 32.1. The molecule has 0 aliphatic carbocycles. The lowest BCUT2D eigenvalue weighted by Crippen LogP contribution is -2.37.